The minimum atomic E-state index is -3.51. The average molecular weight is 403 g/mol. The van der Waals surface area contributed by atoms with Gasteiger partial charge in [-0.05, 0) is 48.9 Å². The van der Waals surface area contributed by atoms with Crippen molar-refractivity contribution >= 4 is 10.0 Å². The maximum Gasteiger partial charge on any atom is 0.218 e. The Morgan fingerprint density at radius 2 is 1.79 bits per heavy atom. The van der Waals surface area contributed by atoms with Gasteiger partial charge in [-0.25, -0.2) is 12.8 Å². The highest BCUT2D eigenvalue weighted by atomic mass is 32.2. The van der Waals surface area contributed by atoms with E-state index >= 15 is 0 Å². The van der Waals surface area contributed by atoms with Gasteiger partial charge in [0.05, 0.1) is 11.8 Å². The molecule has 0 spiro atoms. The first-order valence-corrected chi connectivity index (χ1v) is 11.5. The molecule has 2 heterocycles. The predicted octanol–water partition coefficient (Wildman–Crippen LogP) is 3.67. The van der Waals surface area contributed by atoms with Crippen molar-refractivity contribution in [3.63, 3.8) is 0 Å². The molecular formula is C22H27FN2O2S. The van der Waals surface area contributed by atoms with E-state index in [0.717, 1.165) is 24.2 Å². The minimum absolute atomic E-state index is 0.0208. The number of hydrogen-bond acceptors (Lipinski definition) is 3. The molecule has 2 aromatic carbocycles. The summed E-state index contributed by atoms with van der Waals surface area (Å²) in [6.45, 7) is 6.58. The normalized spacial score (nSPS) is 26.1. The molecule has 0 aromatic heterocycles. The van der Waals surface area contributed by atoms with E-state index in [0.29, 0.717) is 12.6 Å². The van der Waals surface area contributed by atoms with Crippen molar-refractivity contribution in [2.45, 2.75) is 31.7 Å². The Morgan fingerprint density at radius 3 is 2.46 bits per heavy atom. The van der Waals surface area contributed by atoms with Crippen molar-refractivity contribution in [1.82, 2.24) is 9.21 Å². The molecule has 4 rings (SSSR count). The van der Waals surface area contributed by atoms with Crippen molar-refractivity contribution in [3.8, 4) is 0 Å². The molecule has 3 atom stereocenters. The van der Waals surface area contributed by atoms with Crippen molar-refractivity contribution in [2.75, 3.05) is 19.6 Å². The summed E-state index contributed by atoms with van der Waals surface area (Å²) in [7, 11) is -3.51. The monoisotopic (exact) mass is 402 g/mol. The van der Waals surface area contributed by atoms with E-state index in [1.807, 2.05) is 36.4 Å². The Balaban J connectivity index is 1.68. The molecule has 2 aliphatic heterocycles. The van der Waals surface area contributed by atoms with E-state index in [1.54, 1.807) is 10.4 Å². The van der Waals surface area contributed by atoms with Crippen LogP contribution in [0, 0.1) is 17.7 Å². The summed E-state index contributed by atoms with van der Waals surface area (Å²) < 4.78 is 42.3. The van der Waals surface area contributed by atoms with Gasteiger partial charge in [0.1, 0.15) is 5.82 Å². The SMILES string of the molecule is CC(C)N1C[C@H]2CN(S(=O)(=O)Cc3ccccc3)[C@H](c3cccc(F)c3)[C@H]2C1. The largest absolute Gasteiger partial charge is 0.300 e. The molecule has 0 amide bonds. The summed E-state index contributed by atoms with van der Waals surface area (Å²) in [5, 5.41) is 0. The van der Waals surface area contributed by atoms with E-state index in [9.17, 15) is 12.8 Å². The number of halogens is 1. The lowest BCUT2D eigenvalue weighted by Crippen LogP contribution is -2.38. The Morgan fingerprint density at radius 1 is 1.04 bits per heavy atom. The number of fused-ring (bicyclic) bond motifs is 1. The number of hydrogen-bond donors (Lipinski definition) is 0. The lowest BCUT2D eigenvalue weighted by molar-refractivity contribution is 0.227. The molecule has 0 saturated carbocycles. The summed E-state index contributed by atoms with van der Waals surface area (Å²) in [6, 6.07) is 15.8. The molecule has 0 N–H and O–H groups in total. The van der Waals surface area contributed by atoms with Crippen LogP contribution in [0.1, 0.15) is 31.0 Å². The van der Waals surface area contributed by atoms with Crippen LogP contribution in [0.15, 0.2) is 54.6 Å². The number of sulfonamides is 1. The molecule has 2 aromatic rings. The lowest BCUT2D eigenvalue weighted by Gasteiger charge is -2.30. The smallest absolute Gasteiger partial charge is 0.218 e. The fourth-order valence-electron chi connectivity index (χ4n) is 4.72. The van der Waals surface area contributed by atoms with Crippen molar-refractivity contribution in [1.29, 1.82) is 0 Å². The standard InChI is InChI=1S/C22H27FN2O2S/c1-16(2)24-12-19-13-25(28(26,27)15-17-7-4-3-5-8-17)22(21(19)14-24)18-9-6-10-20(23)11-18/h3-11,16,19,21-22H,12-15H2,1-2H3/t19-,21-,22+/m0/s1. The van der Waals surface area contributed by atoms with Gasteiger partial charge in [-0.3, -0.25) is 0 Å². The van der Waals surface area contributed by atoms with Gasteiger partial charge < -0.3 is 4.90 Å². The summed E-state index contributed by atoms with van der Waals surface area (Å²) in [5.41, 5.74) is 1.54. The van der Waals surface area contributed by atoms with Gasteiger partial charge in [-0.2, -0.15) is 4.31 Å². The third-order valence-electron chi connectivity index (χ3n) is 6.12. The van der Waals surface area contributed by atoms with Crippen LogP contribution >= 0.6 is 0 Å². The van der Waals surface area contributed by atoms with Crippen LogP contribution in [0.25, 0.3) is 0 Å². The fraction of sp³-hybridized carbons (Fsp3) is 0.455. The topological polar surface area (TPSA) is 40.6 Å². The molecule has 2 saturated heterocycles. The third-order valence-corrected chi connectivity index (χ3v) is 7.91. The second-order valence-corrected chi connectivity index (χ2v) is 10.2. The van der Waals surface area contributed by atoms with Gasteiger partial charge in [-0.15, -0.1) is 0 Å². The first-order valence-electron chi connectivity index (χ1n) is 9.88. The van der Waals surface area contributed by atoms with Crippen LogP contribution < -0.4 is 0 Å². The van der Waals surface area contributed by atoms with Crippen LogP contribution in [0.3, 0.4) is 0 Å². The molecule has 0 bridgehead atoms. The molecule has 150 valence electrons. The Hall–Kier alpha value is -1.76. The van der Waals surface area contributed by atoms with E-state index in [4.69, 9.17) is 0 Å². The van der Waals surface area contributed by atoms with Gasteiger partial charge in [0.2, 0.25) is 10.0 Å². The zero-order valence-corrected chi connectivity index (χ0v) is 17.1. The first kappa shape index (κ1) is 19.6. The zero-order valence-electron chi connectivity index (χ0n) is 16.3. The number of rotatable bonds is 5. The van der Waals surface area contributed by atoms with Crippen LogP contribution in [-0.4, -0.2) is 43.3 Å². The molecule has 2 fully saturated rings. The average Bonchev–Trinajstić information content (AvgIpc) is 3.20. The molecular weight excluding hydrogens is 375 g/mol. The van der Waals surface area contributed by atoms with Gasteiger partial charge in [0.25, 0.3) is 0 Å². The van der Waals surface area contributed by atoms with Gasteiger partial charge in [0, 0.05) is 25.7 Å². The van der Waals surface area contributed by atoms with E-state index in [-0.39, 0.29) is 29.4 Å². The zero-order chi connectivity index (χ0) is 19.9. The Labute approximate surface area is 167 Å². The van der Waals surface area contributed by atoms with Gasteiger partial charge in [0.15, 0.2) is 0 Å². The molecule has 0 radical (unpaired) electrons. The number of benzene rings is 2. The second-order valence-electron chi connectivity index (χ2n) is 8.28. The fourth-order valence-corrected chi connectivity index (χ4v) is 6.54. The second kappa shape index (κ2) is 7.58. The summed E-state index contributed by atoms with van der Waals surface area (Å²) in [5.74, 6) is 0.128. The minimum Gasteiger partial charge on any atom is -0.300 e. The summed E-state index contributed by atoms with van der Waals surface area (Å²) in [4.78, 5) is 2.41. The lowest BCUT2D eigenvalue weighted by atomic mass is 9.90. The van der Waals surface area contributed by atoms with Crippen molar-refractivity contribution in [2.24, 2.45) is 11.8 Å². The maximum absolute atomic E-state index is 14.0. The van der Waals surface area contributed by atoms with Crippen LogP contribution in [0.2, 0.25) is 0 Å². The van der Waals surface area contributed by atoms with E-state index < -0.39 is 10.0 Å². The van der Waals surface area contributed by atoms with Crippen molar-refractivity contribution in [3.05, 3.63) is 71.5 Å². The van der Waals surface area contributed by atoms with Gasteiger partial charge in [-0.1, -0.05) is 42.5 Å². The molecule has 0 unspecified atom stereocenters. The molecule has 6 heteroatoms. The molecule has 0 aliphatic carbocycles. The van der Waals surface area contributed by atoms with Crippen LogP contribution in [-0.2, 0) is 15.8 Å². The first-order chi connectivity index (χ1) is 13.3. The van der Waals surface area contributed by atoms with Gasteiger partial charge >= 0.3 is 0 Å². The summed E-state index contributed by atoms with van der Waals surface area (Å²) in [6.07, 6.45) is 0. The highest BCUT2D eigenvalue weighted by Gasteiger charge is 2.51. The van der Waals surface area contributed by atoms with Crippen LogP contribution in [0.5, 0.6) is 0 Å². The highest BCUT2D eigenvalue weighted by Crippen LogP contribution is 2.47. The predicted molar refractivity (Wildman–Crippen MR) is 109 cm³/mol. The number of nitrogens with zero attached hydrogens (tertiary/aromatic N) is 2. The number of likely N-dealkylation sites (tertiary alicyclic amines) is 1. The molecule has 4 nitrogen and oxygen atoms in total. The highest BCUT2D eigenvalue weighted by molar-refractivity contribution is 7.88. The van der Waals surface area contributed by atoms with Crippen LogP contribution in [0.4, 0.5) is 4.39 Å². The van der Waals surface area contributed by atoms with Crippen molar-refractivity contribution < 1.29 is 12.8 Å². The third kappa shape index (κ3) is 3.73. The summed E-state index contributed by atoms with van der Waals surface area (Å²) >= 11 is 0. The molecule has 28 heavy (non-hydrogen) atoms. The Bertz CT molecular complexity index is 933. The van der Waals surface area contributed by atoms with E-state index in [2.05, 4.69) is 18.7 Å². The maximum atomic E-state index is 14.0. The van der Waals surface area contributed by atoms with E-state index in [1.165, 1.54) is 12.1 Å². The quantitative estimate of drug-likeness (QED) is 0.766. The molecule has 2 aliphatic rings. The Kier molecular flexibility index (Phi) is 5.29.